The summed E-state index contributed by atoms with van der Waals surface area (Å²) in [6.07, 6.45) is 7.69. The van der Waals surface area contributed by atoms with E-state index in [2.05, 4.69) is 10.2 Å². The fourth-order valence-corrected chi connectivity index (χ4v) is 4.11. The molecule has 114 valence electrons. The summed E-state index contributed by atoms with van der Waals surface area (Å²) < 4.78 is 5.27. The van der Waals surface area contributed by atoms with E-state index in [0.717, 1.165) is 32.4 Å². The zero-order valence-corrected chi connectivity index (χ0v) is 12.1. The molecule has 0 aromatic rings. The summed E-state index contributed by atoms with van der Waals surface area (Å²) in [6.45, 7) is 2.50. The molecule has 2 heterocycles. The van der Waals surface area contributed by atoms with Crippen LogP contribution in [0.3, 0.4) is 0 Å². The molecule has 0 spiro atoms. The van der Waals surface area contributed by atoms with Gasteiger partial charge in [-0.15, -0.1) is 0 Å². The van der Waals surface area contributed by atoms with E-state index >= 15 is 0 Å². The Morgan fingerprint density at radius 3 is 2.75 bits per heavy atom. The molecule has 2 saturated heterocycles. The number of carbonyl (C=O) groups is 1. The number of ether oxygens (including phenoxy) is 1. The number of likely N-dealkylation sites (tertiary alicyclic amines) is 1. The van der Waals surface area contributed by atoms with Crippen LogP contribution >= 0.6 is 0 Å². The highest BCUT2D eigenvalue weighted by atomic mass is 16.6. The second kappa shape index (κ2) is 6.31. The molecular weight excluding hydrogens is 256 g/mol. The van der Waals surface area contributed by atoms with Crippen molar-refractivity contribution >= 4 is 6.09 Å². The number of aliphatic hydroxyl groups excluding tert-OH is 1. The van der Waals surface area contributed by atoms with Crippen LogP contribution in [0.4, 0.5) is 4.79 Å². The summed E-state index contributed by atoms with van der Waals surface area (Å²) in [5.41, 5.74) is 0. The van der Waals surface area contributed by atoms with E-state index in [9.17, 15) is 9.90 Å². The van der Waals surface area contributed by atoms with Crippen molar-refractivity contribution in [2.45, 2.75) is 63.2 Å². The zero-order chi connectivity index (χ0) is 13.9. The van der Waals surface area contributed by atoms with E-state index in [1.807, 2.05) is 0 Å². The van der Waals surface area contributed by atoms with Crippen LogP contribution in [0.25, 0.3) is 0 Å². The number of rotatable bonds is 3. The number of hydrogen-bond donors (Lipinski definition) is 2. The van der Waals surface area contributed by atoms with Gasteiger partial charge in [-0.05, 0) is 32.2 Å². The quantitative estimate of drug-likeness (QED) is 0.823. The van der Waals surface area contributed by atoms with Crippen molar-refractivity contribution in [1.29, 1.82) is 0 Å². The van der Waals surface area contributed by atoms with Gasteiger partial charge in [0.2, 0.25) is 0 Å². The van der Waals surface area contributed by atoms with Crippen molar-refractivity contribution in [2.24, 2.45) is 5.92 Å². The Hall–Kier alpha value is -0.810. The number of hydrogen-bond acceptors (Lipinski definition) is 4. The first-order valence-corrected chi connectivity index (χ1v) is 8.10. The van der Waals surface area contributed by atoms with E-state index in [1.165, 1.54) is 25.7 Å². The lowest BCUT2D eigenvalue weighted by molar-refractivity contribution is -0.0176. The number of cyclic esters (lactones) is 1. The molecule has 1 saturated carbocycles. The largest absolute Gasteiger partial charge is 0.443 e. The molecule has 1 amide bonds. The van der Waals surface area contributed by atoms with Gasteiger partial charge in [0.1, 0.15) is 6.10 Å². The molecule has 4 unspecified atom stereocenters. The Kier molecular flexibility index (Phi) is 4.46. The number of alkyl carbamates (subject to hydrolysis) is 1. The zero-order valence-electron chi connectivity index (χ0n) is 12.1. The van der Waals surface area contributed by atoms with Gasteiger partial charge in [0.05, 0.1) is 12.6 Å². The highest BCUT2D eigenvalue weighted by Crippen LogP contribution is 2.34. The first-order valence-electron chi connectivity index (χ1n) is 8.10. The summed E-state index contributed by atoms with van der Waals surface area (Å²) in [4.78, 5) is 13.6. The van der Waals surface area contributed by atoms with Crippen LogP contribution in [0.2, 0.25) is 0 Å². The number of amides is 1. The third kappa shape index (κ3) is 3.09. The molecular formula is C15H26N2O3. The molecule has 3 aliphatic rings. The standard InChI is InChI=1S/C15H26N2O3/c18-14-7-2-1-5-12(14)13-6-3-4-8-17(13)10-11-9-16-15(19)20-11/h11-14,18H,1-10H2,(H,16,19). The van der Waals surface area contributed by atoms with Crippen molar-refractivity contribution in [3.05, 3.63) is 0 Å². The van der Waals surface area contributed by atoms with Gasteiger partial charge in [-0.25, -0.2) is 4.79 Å². The van der Waals surface area contributed by atoms with E-state index in [1.54, 1.807) is 0 Å². The van der Waals surface area contributed by atoms with E-state index < -0.39 is 0 Å². The van der Waals surface area contributed by atoms with Gasteiger partial charge in [0.25, 0.3) is 0 Å². The predicted molar refractivity (Wildman–Crippen MR) is 75.4 cm³/mol. The van der Waals surface area contributed by atoms with Crippen molar-refractivity contribution < 1.29 is 14.6 Å². The molecule has 3 fully saturated rings. The molecule has 5 heteroatoms. The molecule has 4 atom stereocenters. The molecule has 0 aromatic heterocycles. The molecule has 2 aliphatic heterocycles. The van der Waals surface area contributed by atoms with Gasteiger partial charge in [0.15, 0.2) is 0 Å². The molecule has 0 radical (unpaired) electrons. The highest BCUT2D eigenvalue weighted by Gasteiger charge is 2.37. The predicted octanol–water partition coefficient (Wildman–Crippen LogP) is 1.50. The minimum absolute atomic E-state index is 0.0242. The summed E-state index contributed by atoms with van der Waals surface area (Å²) in [7, 11) is 0. The lowest BCUT2D eigenvalue weighted by Gasteiger charge is -2.44. The smallest absolute Gasteiger partial charge is 0.407 e. The number of nitrogens with zero attached hydrogens (tertiary/aromatic N) is 1. The van der Waals surface area contributed by atoms with Gasteiger partial charge in [-0.2, -0.15) is 0 Å². The molecule has 2 N–H and O–H groups in total. The Bertz CT molecular complexity index is 350. The second-order valence-electron chi connectivity index (χ2n) is 6.48. The van der Waals surface area contributed by atoms with Crippen molar-refractivity contribution in [2.75, 3.05) is 19.6 Å². The normalized spacial score (nSPS) is 39.4. The van der Waals surface area contributed by atoms with Crippen molar-refractivity contribution in [1.82, 2.24) is 10.2 Å². The molecule has 3 rings (SSSR count). The number of nitrogens with one attached hydrogen (secondary N) is 1. The van der Waals surface area contributed by atoms with Gasteiger partial charge in [0, 0.05) is 18.5 Å². The summed E-state index contributed by atoms with van der Waals surface area (Å²) in [6, 6.07) is 0.471. The second-order valence-corrected chi connectivity index (χ2v) is 6.48. The van der Waals surface area contributed by atoms with E-state index in [-0.39, 0.29) is 18.3 Å². The molecule has 5 nitrogen and oxygen atoms in total. The lowest BCUT2D eigenvalue weighted by atomic mass is 9.78. The van der Waals surface area contributed by atoms with Gasteiger partial charge in [-0.3, -0.25) is 4.90 Å². The average molecular weight is 282 g/mol. The first-order chi connectivity index (χ1) is 9.74. The Balaban J connectivity index is 1.62. The maximum absolute atomic E-state index is 11.1. The average Bonchev–Trinajstić information content (AvgIpc) is 2.86. The van der Waals surface area contributed by atoms with Crippen LogP contribution in [0.1, 0.15) is 44.9 Å². The fraction of sp³-hybridized carbons (Fsp3) is 0.933. The number of aliphatic hydroxyl groups is 1. The lowest BCUT2D eigenvalue weighted by Crippen LogP contribution is -2.51. The van der Waals surface area contributed by atoms with Crippen molar-refractivity contribution in [3.63, 3.8) is 0 Å². The minimum atomic E-state index is -0.290. The summed E-state index contributed by atoms with van der Waals surface area (Å²) >= 11 is 0. The van der Waals surface area contributed by atoms with Crippen LogP contribution < -0.4 is 5.32 Å². The molecule has 20 heavy (non-hydrogen) atoms. The molecule has 1 aliphatic carbocycles. The Morgan fingerprint density at radius 2 is 2.00 bits per heavy atom. The van der Waals surface area contributed by atoms with E-state index in [4.69, 9.17) is 4.74 Å². The summed E-state index contributed by atoms with van der Waals surface area (Å²) in [5, 5.41) is 13.0. The number of piperidine rings is 1. The van der Waals surface area contributed by atoms with Crippen LogP contribution in [0, 0.1) is 5.92 Å². The maximum atomic E-state index is 11.1. The SMILES string of the molecule is O=C1NCC(CN2CCCCC2C2CCCCC2O)O1. The molecule has 0 bridgehead atoms. The van der Waals surface area contributed by atoms with Gasteiger partial charge < -0.3 is 15.2 Å². The van der Waals surface area contributed by atoms with Crippen molar-refractivity contribution in [3.8, 4) is 0 Å². The van der Waals surface area contributed by atoms with Crippen LogP contribution in [-0.2, 0) is 4.74 Å². The molecule has 0 aromatic carbocycles. The Labute approximate surface area is 120 Å². The van der Waals surface area contributed by atoms with Gasteiger partial charge in [-0.1, -0.05) is 19.3 Å². The van der Waals surface area contributed by atoms with E-state index in [0.29, 0.717) is 18.5 Å². The topological polar surface area (TPSA) is 61.8 Å². The third-order valence-corrected chi connectivity index (χ3v) is 5.13. The van der Waals surface area contributed by atoms with Gasteiger partial charge >= 0.3 is 6.09 Å². The Morgan fingerprint density at radius 1 is 1.20 bits per heavy atom. The first kappa shape index (κ1) is 14.1. The number of carbonyl (C=O) groups excluding carboxylic acids is 1. The monoisotopic (exact) mass is 282 g/mol. The highest BCUT2D eigenvalue weighted by molar-refractivity contribution is 5.69. The minimum Gasteiger partial charge on any atom is -0.443 e. The van der Waals surface area contributed by atoms with Crippen LogP contribution in [0.15, 0.2) is 0 Å². The van der Waals surface area contributed by atoms with Crippen LogP contribution in [0.5, 0.6) is 0 Å². The van der Waals surface area contributed by atoms with Crippen LogP contribution in [-0.4, -0.2) is 54.0 Å². The summed E-state index contributed by atoms with van der Waals surface area (Å²) in [5.74, 6) is 0.411. The third-order valence-electron chi connectivity index (χ3n) is 5.13. The maximum Gasteiger partial charge on any atom is 0.407 e. The fourth-order valence-electron chi connectivity index (χ4n) is 4.11.